The largest absolute Gasteiger partial charge is 0.361 e. The van der Waals surface area contributed by atoms with Gasteiger partial charge in [0.2, 0.25) is 15.9 Å². The number of rotatable bonds is 8. The normalized spacial score (nSPS) is 12.4. The minimum Gasteiger partial charge on any atom is -0.361 e. The Balaban J connectivity index is 1.53. The number of amides is 1. The molecular weight excluding hydrogens is 541 g/mol. The monoisotopic (exact) mass is 564 g/mol. The second-order valence-electron chi connectivity index (χ2n) is 9.29. The molecule has 0 radical (unpaired) electrons. The summed E-state index contributed by atoms with van der Waals surface area (Å²) in [5, 5.41) is 8.76. The van der Waals surface area contributed by atoms with Gasteiger partial charge in [0, 0.05) is 34.9 Å². The van der Waals surface area contributed by atoms with Crippen LogP contribution in [0.25, 0.3) is 22.0 Å². The number of nitrogens with two attached hydrogens (primary N) is 1. The second kappa shape index (κ2) is 10.9. The van der Waals surface area contributed by atoms with E-state index in [0.717, 1.165) is 18.2 Å². The molecule has 0 saturated heterocycles. The number of primary sulfonamides is 1. The predicted molar refractivity (Wildman–Crippen MR) is 144 cm³/mol. The fourth-order valence-corrected chi connectivity index (χ4v) is 5.24. The number of fused-ring (bicyclic) bond motifs is 1. The van der Waals surface area contributed by atoms with Gasteiger partial charge in [0.15, 0.2) is 0 Å². The Morgan fingerprint density at radius 3 is 2.48 bits per heavy atom. The van der Waals surface area contributed by atoms with Crippen LogP contribution in [-0.2, 0) is 27.7 Å². The summed E-state index contributed by atoms with van der Waals surface area (Å²) in [6.07, 6.45) is 2.98. The van der Waals surface area contributed by atoms with Crippen molar-refractivity contribution in [2.45, 2.75) is 23.8 Å². The Bertz CT molecular complexity index is 1820. The summed E-state index contributed by atoms with van der Waals surface area (Å²) in [6, 6.07) is 15.7. The van der Waals surface area contributed by atoms with E-state index in [1.54, 1.807) is 30.5 Å². The smallest absolute Gasteiger partial charge is 0.238 e. The van der Waals surface area contributed by atoms with E-state index in [-0.39, 0.29) is 23.3 Å². The highest BCUT2D eigenvalue weighted by molar-refractivity contribution is 7.89. The Hall–Kier alpha value is -4.48. The summed E-state index contributed by atoms with van der Waals surface area (Å²) in [6.45, 7) is 0. The van der Waals surface area contributed by atoms with Gasteiger partial charge in [-0.3, -0.25) is 9.78 Å². The summed E-state index contributed by atoms with van der Waals surface area (Å²) in [5.74, 6) is -2.44. The maximum atomic E-state index is 14.0. The minimum atomic E-state index is -4.00. The third-order valence-electron chi connectivity index (χ3n) is 6.42. The molecule has 40 heavy (non-hydrogen) atoms. The van der Waals surface area contributed by atoms with Crippen molar-refractivity contribution in [3.05, 3.63) is 119 Å². The van der Waals surface area contributed by atoms with Gasteiger partial charge in [-0.05, 0) is 71.6 Å². The van der Waals surface area contributed by atoms with E-state index in [0.29, 0.717) is 33.3 Å². The van der Waals surface area contributed by atoms with E-state index in [4.69, 9.17) is 5.14 Å². The lowest BCUT2D eigenvalue weighted by molar-refractivity contribution is -0.121. The van der Waals surface area contributed by atoms with Gasteiger partial charge in [0.25, 0.3) is 0 Å². The van der Waals surface area contributed by atoms with Crippen molar-refractivity contribution in [3.63, 3.8) is 0 Å². The summed E-state index contributed by atoms with van der Waals surface area (Å²) < 4.78 is 65.8. The average Bonchev–Trinajstić information content (AvgIpc) is 3.28. The molecule has 0 aliphatic carbocycles. The van der Waals surface area contributed by atoms with Gasteiger partial charge in [0.05, 0.1) is 23.1 Å². The van der Waals surface area contributed by atoms with Crippen LogP contribution in [0, 0.1) is 17.5 Å². The lowest BCUT2D eigenvalue weighted by atomic mass is 9.95. The molecule has 5 aromatic rings. The maximum absolute atomic E-state index is 14.0. The molecular formula is C29H23F3N4O3S. The van der Waals surface area contributed by atoms with Crippen LogP contribution in [0.3, 0.4) is 0 Å². The number of carbonyl (C=O) groups is 1. The molecule has 3 aromatic carbocycles. The lowest BCUT2D eigenvalue weighted by Crippen LogP contribution is -2.32. The van der Waals surface area contributed by atoms with Crippen LogP contribution in [0.1, 0.15) is 22.9 Å². The molecule has 4 N–H and O–H groups in total. The molecule has 5 rings (SSSR count). The minimum absolute atomic E-state index is 0.0260. The number of aromatic amines is 1. The van der Waals surface area contributed by atoms with E-state index < -0.39 is 39.4 Å². The highest BCUT2D eigenvalue weighted by Crippen LogP contribution is 2.30. The topological polar surface area (TPSA) is 118 Å². The quantitative estimate of drug-likeness (QED) is 0.248. The molecule has 204 valence electrons. The van der Waals surface area contributed by atoms with Gasteiger partial charge >= 0.3 is 0 Å². The van der Waals surface area contributed by atoms with Crippen molar-refractivity contribution >= 4 is 26.8 Å². The first kappa shape index (κ1) is 27.1. The van der Waals surface area contributed by atoms with Crippen molar-refractivity contribution < 1.29 is 26.4 Å². The third kappa shape index (κ3) is 6.05. The Morgan fingerprint density at radius 1 is 0.950 bits per heavy atom. The SMILES string of the molecule is NS(=O)(=O)c1cccc(-c2cccnc2[C@H](Cc2cc(F)cc(F)c2)NC(=O)Cc2c[nH]c3ccc(F)cc23)c1. The number of hydrogen-bond donors (Lipinski definition) is 3. The predicted octanol–water partition coefficient (Wildman–Crippen LogP) is 4.94. The van der Waals surface area contributed by atoms with Gasteiger partial charge < -0.3 is 10.3 Å². The first-order valence-corrected chi connectivity index (χ1v) is 13.7. The van der Waals surface area contributed by atoms with Crippen molar-refractivity contribution in [2.24, 2.45) is 5.14 Å². The van der Waals surface area contributed by atoms with Crippen LogP contribution < -0.4 is 10.5 Å². The molecule has 0 aliphatic rings. The van der Waals surface area contributed by atoms with Crippen LogP contribution in [0.5, 0.6) is 0 Å². The molecule has 11 heteroatoms. The van der Waals surface area contributed by atoms with Crippen LogP contribution in [0.2, 0.25) is 0 Å². The number of nitrogens with one attached hydrogen (secondary N) is 2. The fraction of sp³-hybridized carbons (Fsp3) is 0.103. The Labute approximate surface area is 227 Å². The average molecular weight is 565 g/mol. The maximum Gasteiger partial charge on any atom is 0.238 e. The van der Waals surface area contributed by atoms with E-state index >= 15 is 0 Å². The van der Waals surface area contributed by atoms with E-state index in [1.165, 1.54) is 36.5 Å². The summed E-state index contributed by atoms with van der Waals surface area (Å²) >= 11 is 0. The van der Waals surface area contributed by atoms with Crippen molar-refractivity contribution in [1.82, 2.24) is 15.3 Å². The molecule has 0 spiro atoms. The van der Waals surface area contributed by atoms with Gasteiger partial charge in [-0.1, -0.05) is 18.2 Å². The highest BCUT2D eigenvalue weighted by Gasteiger charge is 2.23. The van der Waals surface area contributed by atoms with Gasteiger partial charge in [0.1, 0.15) is 17.5 Å². The van der Waals surface area contributed by atoms with Crippen molar-refractivity contribution in [3.8, 4) is 11.1 Å². The third-order valence-corrected chi connectivity index (χ3v) is 7.33. The molecule has 0 bridgehead atoms. The van der Waals surface area contributed by atoms with Crippen LogP contribution in [-0.4, -0.2) is 24.3 Å². The standard InChI is InChI=1S/C29H23F3N4O3S/c30-20-6-7-26-25(15-20)19(16-35-26)13-28(37)36-27(11-17-9-21(31)14-22(32)10-17)29-24(5-2-8-34-29)18-3-1-4-23(12-18)40(33,38)39/h1-10,12,14-16,27,35H,11,13H2,(H,36,37)(H2,33,38,39)/t27-/m0/s1. The molecule has 0 unspecified atom stereocenters. The molecule has 2 aromatic heterocycles. The zero-order valence-electron chi connectivity index (χ0n) is 20.9. The number of hydrogen-bond acceptors (Lipinski definition) is 4. The second-order valence-corrected chi connectivity index (χ2v) is 10.9. The zero-order chi connectivity index (χ0) is 28.4. The summed E-state index contributed by atoms with van der Waals surface area (Å²) in [4.78, 5) is 20.6. The van der Waals surface area contributed by atoms with Gasteiger partial charge in [-0.2, -0.15) is 0 Å². The molecule has 2 heterocycles. The molecule has 1 amide bonds. The lowest BCUT2D eigenvalue weighted by Gasteiger charge is -2.22. The van der Waals surface area contributed by atoms with Gasteiger partial charge in [-0.25, -0.2) is 26.7 Å². The Morgan fingerprint density at radius 2 is 1.73 bits per heavy atom. The number of aromatic nitrogens is 2. The molecule has 0 aliphatic heterocycles. The Kier molecular flexibility index (Phi) is 7.42. The number of pyridine rings is 1. The van der Waals surface area contributed by atoms with Crippen LogP contribution in [0.4, 0.5) is 13.2 Å². The van der Waals surface area contributed by atoms with Crippen molar-refractivity contribution in [1.29, 1.82) is 0 Å². The first-order chi connectivity index (χ1) is 19.1. The summed E-state index contributed by atoms with van der Waals surface area (Å²) in [7, 11) is -4.00. The van der Waals surface area contributed by atoms with E-state index in [2.05, 4.69) is 15.3 Å². The number of nitrogens with zero attached hydrogens (tertiary/aromatic N) is 1. The van der Waals surface area contributed by atoms with Crippen molar-refractivity contribution in [2.75, 3.05) is 0 Å². The summed E-state index contributed by atoms with van der Waals surface area (Å²) in [5.41, 5.74) is 2.79. The number of halogens is 3. The zero-order valence-corrected chi connectivity index (χ0v) is 21.7. The number of carbonyl (C=O) groups excluding carboxylic acids is 1. The highest BCUT2D eigenvalue weighted by atomic mass is 32.2. The molecule has 0 fully saturated rings. The number of H-pyrrole nitrogens is 1. The fourth-order valence-electron chi connectivity index (χ4n) is 4.68. The molecule has 1 atom stereocenters. The van der Waals surface area contributed by atoms with E-state index in [1.807, 2.05) is 0 Å². The van der Waals surface area contributed by atoms with E-state index in [9.17, 15) is 26.4 Å². The number of benzene rings is 3. The molecule has 7 nitrogen and oxygen atoms in total. The van der Waals surface area contributed by atoms with Crippen LogP contribution in [0.15, 0.2) is 90.1 Å². The number of sulfonamides is 1. The molecule has 0 saturated carbocycles. The first-order valence-electron chi connectivity index (χ1n) is 12.1. The van der Waals surface area contributed by atoms with Gasteiger partial charge in [-0.15, -0.1) is 0 Å². The van der Waals surface area contributed by atoms with Crippen LogP contribution >= 0.6 is 0 Å².